The van der Waals surface area contributed by atoms with Crippen molar-refractivity contribution in [3.05, 3.63) is 48.7 Å². The predicted molar refractivity (Wildman–Crippen MR) is 81.4 cm³/mol. The van der Waals surface area contributed by atoms with Crippen molar-refractivity contribution in [1.82, 2.24) is 4.57 Å². The van der Waals surface area contributed by atoms with Crippen LogP contribution in [0.4, 0.5) is 0 Å². The molecular weight excluding hydrogens is 244 g/mol. The Morgan fingerprint density at radius 2 is 2.11 bits per heavy atom. The van der Waals surface area contributed by atoms with Crippen molar-refractivity contribution in [2.24, 2.45) is 5.73 Å². The van der Waals surface area contributed by atoms with Gasteiger partial charge in [0.15, 0.2) is 0 Å². The van der Waals surface area contributed by atoms with Crippen LogP contribution in [0.5, 0.6) is 0 Å². The highest BCUT2D eigenvalue weighted by atomic mass is 35.5. The number of para-hydroxylation sites is 1. The summed E-state index contributed by atoms with van der Waals surface area (Å²) < 4.78 is 2.24. The number of aromatic nitrogens is 1. The summed E-state index contributed by atoms with van der Waals surface area (Å²) in [5.74, 6) is 0. The Hall–Kier alpha value is -1.25. The van der Waals surface area contributed by atoms with Gasteiger partial charge in [0.1, 0.15) is 0 Å². The molecule has 1 atom stereocenters. The van der Waals surface area contributed by atoms with Crippen molar-refractivity contribution in [3.63, 3.8) is 0 Å². The molecule has 0 bridgehead atoms. The molecule has 2 nitrogen and oxygen atoms in total. The minimum absolute atomic E-state index is 0. The van der Waals surface area contributed by atoms with Crippen molar-refractivity contribution in [2.45, 2.75) is 32.4 Å². The molecule has 0 saturated heterocycles. The number of hydrogen-bond acceptors (Lipinski definition) is 1. The van der Waals surface area contributed by atoms with Crippen molar-refractivity contribution < 1.29 is 0 Å². The van der Waals surface area contributed by atoms with Gasteiger partial charge in [-0.15, -0.1) is 19.0 Å². The average Bonchev–Trinajstić information content (AvgIpc) is 2.69. The van der Waals surface area contributed by atoms with E-state index in [-0.39, 0.29) is 18.4 Å². The van der Waals surface area contributed by atoms with E-state index in [0.29, 0.717) is 0 Å². The second kappa shape index (κ2) is 6.62. The molecule has 3 heteroatoms. The van der Waals surface area contributed by atoms with Gasteiger partial charge in [-0.1, -0.05) is 31.2 Å². The molecule has 18 heavy (non-hydrogen) atoms. The lowest BCUT2D eigenvalue weighted by Crippen LogP contribution is -2.21. The zero-order valence-electron chi connectivity index (χ0n) is 10.8. The first-order chi connectivity index (χ1) is 8.26. The Kier molecular flexibility index (Phi) is 5.45. The summed E-state index contributed by atoms with van der Waals surface area (Å²) in [5, 5.41) is 1.32. The fraction of sp³-hybridized carbons (Fsp3) is 0.333. The topological polar surface area (TPSA) is 30.9 Å². The van der Waals surface area contributed by atoms with Crippen LogP contribution in [0, 0.1) is 0 Å². The van der Waals surface area contributed by atoms with Crippen LogP contribution in [0.3, 0.4) is 0 Å². The van der Waals surface area contributed by atoms with Crippen LogP contribution >= 0.6 is 12.4 Å². The Balaban J connectivity index is 0.00000162. The molecule has 2 N–H and O–H groups in total. The first-order valence-corrected chi connectivity index (χ1v) is 6.19. The fourth-order valence-electron chi connectivity index (χ4n) is 2.20. The lowest BCUT2D eigenvalue weighted by molar-refractivity contribution is 0.647. The Morgan fingerprint density at radius 1 is 1.39 bits per heavy atom. The lowest BCUT2D eigenvalue weighted by atomic mass is 10.0. The van der Waals surface area contributed by atoms with Gasteiger partial charge in [-0.2, -0.15) is 0 Å². The molecule has 1 aromatic carbocycles. The molecule has 0 radical (unpaired) electrons. The van der Waals surface area contributed by atoms with Crippen LogP contribution < -0.4 is 5.73 Å². The second-order valence-electron chi connectivity index (χ2n) is 4.48. The second-order valence-corrected chi connectivity index (χ2v) is 4.48. The number of nitrogens with zero attached hydrogens (tertiary/aromatic N) is 1. The Morgan fingerprint density at radius 3 is 2.78 bits per heavy atom. The normalized spacial score (nSPS) is 12.1. The molecule has 0 saturated carbocycles. The van der Waals surface area contributed by atoms with Gasteiger partial charge in [-0.05, 0) is 24.5 Å². The minimum Gasteiger partial charge on any atom is -0.343 e. The molecule has 98 valence electrons. The summed E-state index contributed by atoms with van der Waals surface area (Å²) in [7, 11) is 0. The first kappa shape index (κ1) is 14.8. The molecule has 0 fully saturated rings. The van der Waals surface area contributed by atoms with Crippen molar-refractivity contribution in [3.8, 4) is 0 Å². The maximum absolute atomic E-state index is 6.05. The number of benzene rings is 1. The molecule has 0 amide bonds. The molecule has 1 unspecified atom stereocenters. The van der Waals surface area contributed by atoms with E-state index in [2.05, 4.69) is 48.5 Å². The van der Waals surface area contributed by atoms with E-state index >= 15 is 0 Å². The summed E-state index contributed by atoms with van der Waals surface area (Å²) in [5.41, 5.74) is 8.66. The standard InChI is InChI=1S/C15H20N2.ClH/c1-3-9-17-11-12(10-13(16)4-2)14-7-5-6-8-15(14)17;/h3,5-8,11,13H,1,4,9-10,16H2,2H3;1H. The van der Waals surface area contributed by atoms with Gasteiger partial charge in [0, 0.05) is 29.7 Å². The number of hydrogen-bond donors (Lipinski definition) is 1. The summed E-state index contributed by atoms with van der Waals surface area (Å²) >= 11 is 0. The number of halogens is 1. The SMILES string of the molecule is C=CCn1cc(CC(N)CC)c2ccccc21.Cl. The van der Waals surface area contributed by atoms with Crippen LogP contribution in [-0.4, -0.2) is 10.6 Å². The summed E-state index contributed by atoms with van der Waals surface area (Å²) in [6.45, 7) is 6.79. The molecular formula is C15H21ClN2. The van der Waals surface area contributed by atoms with Crippen molar-refractivity contribution in [1.29, 1.82) is 0 Å². The fourth-order valence-corrected chi connectivity index (χ4v) is 2.20. The quantitative estimate of drug-likeness (QED) is 0.823. The largest absolute Gasteiger partial charge is 0.343 e. The number of allylic oxidation sites excluding steroid dienone is 1. The van der Waals surface area contributed by atoms with Crippen LogP contribution in [0.2, 0.25) is 0 Å². The molecule has 0 aliphatic rings. The minimum atomic E-state index is 0. The summed E-state index contributed by atoms with van der Waals surface area (Å²) in [6.07, 6.45) is 6.10. The van der Waals surface area contributed by atoms with E-state index in [1.54, 1.807) is 0 Å². The molecule has 0 spiro atoms. The van der Waals surface area contributed by atoms with E-state index in [0.717, 1.165) is 19.4 Å². The zero-order chi connectivity index (χ0) is 12.3. The van der Waals surface area contributed by atoms with E-state index in [1.165, 1.54) is 16.5 Å². The molecule has 1 aromatic heterocycles. The van der Waals surface area contributed by atoms with Gasteiger partial charge in [0.05, 0.1) is 0 Å². The van der Waals surface area contributed by atoms with Gasteiger partial charge in [-0.25, -0.2) is 0 Å². The maximum atomic E-state index is 6.05. The monoisotopic (exact) mass is 264 g/mol. The van der Waals surface area contributed by atoms with E-state index in [4.69, 9.17) is 5.73 Å². The van der Waals surface area contributed by atoms with E-state index < -0.39 is 0 Å². The average molecular weight is 265 g/mol. The van der Waals surface area contributed by atoms with Crippen LogP contribution in [0.25, 0.3) is 10.9 Å². The highest BCUT2D eigenvalue weighted by Gasteiger charge is 2.09. The van der Waals surface area contributed by atoms with Crippen molar-refractivity contribution >= 4 is 23.3 Å². The Bertz CT molecular complexity index is 516. The molecule has 1 heterocycles. The molecule has 0 aliphatic carbocycles. The Labute approximate surface area is 115 Å². The number of nitrogens with two attached hydrogens (primary N) is 1. The zero-order valence-corrected chi connectivity index (χ0v) is 11.6. The van der Waals surface area contributed by atoms with Gasteiger partial charge in [-0.3, -0.25) is 0 Å². The number of rotatable bonds is 5. The maximum Gasteiger partial charge on any atom is 0.0486 e. The predicted octanol–water partition coefficient (Wildman–Crippen LogP) is 3.53. The highest BCUT2D eigenvalue weighted by Crippen LogP contribution is 2.22. The highest BCUT2D eigenvalue weighted by molar-refractivity contribution is 5.85. The van der Waals surface area contributed by atoms with Crippen LogP contribution in [0.15, 0.2) is 43.1 Å². The van der Waals surface area contributed by atoms with Gasteiger partial charge >= 0.3 is 0 Å². The first-order valence-electron chi connectivity index (χ1n) is 6.19. The summed E-state index contributed by atoms with van der Waals surface area (Å²) in [6, 6.07) is 8.73. The third-order valence-corrected chi connectivity index (χ3v) is 3.20. The van der Waals surface area contributed by atoms with E-state index in [9.17, 15) is 0 Å². The van der Waals surface area contributed by atoms with Crippen LogP contribution in [0.1, 0.15) is 18.9 Å². The van der Waals surface area contributed by atoms with E-state index in [1.807, 2.05) is 6.08 Å². The van der Waals surface area contributed by atoms with Crippen molar-refractivity contribution in [2.75, 3.05) is 0 Å². The summed E-state index contributed by atoms with van der Waals surface area (Å²) in [4.78, 5) is 0. The molecule has 0 aliphatic heterocycles. The smallest absolute Gasteiger partial charge is 0.0486 e. The third kappa shape index (κ3) is 2.95. The number of fused-ring (bicyclic) bond motifs is 1. The third-order valence-electron chi connectivity index (χ3n) is 3.20. The lowest BCUT2D eigenvalue weighted by Gasteiger charge is -2.06. The van der Waals surface area contributed by atoms with Crippen LogP contribution in [-0.2, 0) is 13.0 Å². The van der Waals surface area contributed by atoms with Gasteiger partial charge in [0.2, 0.25) is 0 Å². The molecule has 2 aromatic rings. The van der Waals surface area contributed by atoms with Gasteiger partial charge in [0.25, 0.3) is 0 Å². The molecule has 2 rings (SSSR count). The van der Waals surface area contributed by atoms with Gasteiger partial charge < -0.3 is 10.3 Å².